The summed E-state index contributed by atoms with van der Waals surface area (Å²) in [5.74, 6) is -1.96. The van der Waals surface area contributed by atoms with Crippen molar-refractivity contribution in [1.82, 2.24) is 0 Å². The van der Waals surface area contributed by atoms with Crippen LogP contribution in [0.4, 0.5) is 10.1 Å². The molecule has 0 heterocycles. The summed E-state index contributed by atoms with van der Waals surface area (Å²) in [6.07, 6.45) is 0. The highest BCUT2D eigenvalue weighted by Gasteiger charge is 2.10. The second-order valence-corrected chi connectivity index (χ2v) is 2.86. The quantitative estimate of drug-likeness (QED) is 0.756. The monoisotopic (exact) mass is 183 g/mol. The molecule has 4 heteroatoms. The summed E-state index contributed by atoms with van der Waals surface area (Å²) in [5.41, 5.74) is 0.366. The first-order chi connectivity index (χ1) is 6.02. The third-order valence-corrected chi connectivity index (χ3v) is 1.70. The van der Waals surface area contributed by atoms with Crippen LogP contribution in [-0.2, 0) is 0 Å². The Bertz CT molecular complexity index is 336. The zero-order valence-corrected chi connectivity index (χ0v) is 7.41. The normalized spacial score (nSPS) is 9.77. The Morgan fingerprint density at radius 1 is 1.46 bits per heavy atom. The molecular formula is C9H10FNO2. The molecule has 0 fully saturated rings. The molecule has 70 valence electrons. The Balaban J connectivity index is 3.19. The first-order valence-electron chi connectivity index (χ1n) is 3.72. The Hall–Kier alpha value is -1.58. The van der Waals surface area contributed by atoms with Gasteiger partial charge in [0.05, 0.1) is 5.56 Å². The van der Waals surface area contributed by atoms with E-state index in [2.05, 4.69) is 0 Å². The highest BCUT2D eigenvalue weighted by molar-refractivity contribution is 5.89. The molecule has 0 radical (unpaired) electrons. The zero-order valence-electron chi connectivity index (χ0n) is 7.41. The second-order valence-electron chi connectivity index (χ2n) is 2.86. The van der Waals surface area contributed by atoms with Gasteiger partial charge in [-0.25, -0.2) is 9.18 Å². The molecule has 0 aromatic heterocycles. The van der Waals surface area contributed by atoms with Crippen molar-refractivity contribution < 1.29 is 14.3 Å². The van der Waals surface area contributed by atoms with E-state index in [4.69, 9.17) is 5.11 Å². The summed E-state index contributed by atoms with van der Waals surface area (Å²) in [4.78, 5) is 12.3. The van der Waals surface area contributed by atoms with Crippen LogP contribution in [0.2, 0.25) is 0 Å². The van der Waals surface area contributed by atoms with Crippen LogP contribution in [0.5, 0.6) is 0 Å². The van der Waals surface area contributed by atoms with Crippen molar-refractivity contribution in [2.24, 2.45) is 0 Å². The summed E-state index contributed by atoms with van der Waals surface area (Å²) < 4.78 is 12.9. The van der Waals surface area contributed by atoms with Crippen molar-refractivity contribution in [1.29, 1.82) is 0 Å². The average molecular weight is 183 g/mol. The number of hydrogen-bond acceptors (Lipinski definition) is 2. The highest BCUT2D eigenvalue weighted by atomic mass is 19.1. The average Bonchev–Trinajstić information content (AvgIpc) is 2.04. The first kappa shape index (κ1) is 9.51. The Kier molecular flexibility index (Phi) is 2.51. The summed E-state index contributed by atoms with van der Waals surface area (Å²) in [7, 11) is 3.53. The van der Waals surface area contributed by atoms with E-state index in [9.17, 15) is 9.18 Å². The number of carbonyl (C=O) groups is 1. The molecule has 0 unspecified atom stereocenters. The van der Waals surface area contributed by atoms with Crippen LogP contribution in [0.25, 0.3) is 0 Å². The van der Waals surface area contributed by atoms with E-state index in [-0.39, 0.29) is 5.56 Å². The summed E-state index contributed by atoms with van der Waals surface area (Å²) >= 11 is 0. The molecule has 0 aliphatic carbocycles. The fourth-order valence-corrected chi connectivity index (χ4v) is 0.955. The number of carboxylic acid groups (broad SMARTS) is 1. The van der Waals surface area contributed by atoms with E-state index < -0.39 is 11.8 Å². The Morgan fingerprint density at radius 2 is 2.08 bits per heavy atom. The lowest BCUT2D eigenvalue weighted by atomic mass is 10.2. The molecular weight excluding hydrogens is 173 g/mol. The van der Waals surface area contributed by atoms with E-state index in [1.54, 1.807) is 19.0 Å². The molecule has 0 spiro atoms. The van der Waals surface area contributed by atoms with Crippen LogP contribution in [-0.4, -0.2) is 25.2 Å². The summed E-state index contributed by atoms with van der Waals surface area (Å²) in [5, 5.41) is 8.61. The zero-order chi connectivity index (χ0) is 10.0. The third-order valence-electron chi connectivity index (χ3n) is 1.70. The summed E-state index contributed by atoms with van der Waals surface area (Å²) in [6, 6.07) is 3.98. The molecule has 0 bridgehead atoms. The van der Waals surface area contributed by atoms with Crippen molar-refractivity contribution >= 4 is 11.7 Å². The van der Waals surface area contributed by atoms with Gasteiger partial charge in [0.25, 0.3) is 0 Å². The fraction of sp³-hybridized carbons (Fsp3) is 0.222. The molecule has 0 aliphatic heterocycles. The number of benzene rings is 1. The third kappa shape index (κ3) is 1.96. The predicted octanol–water partition coefficient (Wildman–Crippen LogP) is 1.59. The summed E-state index contributed by atoms with van der Waals surface area (Å²) in [6.45, 7) is 0. The molecule has 1 aromatic rings. The fourth-order valence-electron chi connectivity index (χ4n) is 0.955. The molecule has 0 saturated carbocycles. The van der Waals surface area contributed by atoms with Crippen LogP contribution in [0.1, 0.15) is 10.4 Å². The number of aromatic carboxylic acids is 1. The minimum atomic E-state index is -1.25. The van der Waals surface area contributed by atoms with Crippen molar-refractivity contribution in [3.8, 4) is 0 Å². The highest BCUT2D eigenvalue weighted by Crippen LogP contribution is 2.16. The molecule has 0 aliphatic rings. The van der Waals surface area contributed by atoms with Gasteiger partial charge in [-0.05, 0) is 18.2 Å². The maximum atomic E-state index is 12.9. The Labute approximate surface area is 75.4 Å². The van der Waals surface area contributed by atoms with Gasteiger partial charge in [-0.3, -0.25) is 0 Å². The van der Waals surface area contributed by atoms with Gasteiger partial charge >= 0.3 is 5.97 Å². The van der Waals surface area contributed by atoms with Gasteiger partial charge in [0.15, 0.2) is 0 Å². The van der Waals surface area contributed by atoms with Crippen molar-refractivity contribution in [2.75, 3.05) is 19.0 Å². The van der Waals surface area contributed by atoms with Gasteiger partial charge < -0.3 is 10.0 Å². The molecule has 13 heavy (non-hydrogen) atoms. The lowest BCUT2D eigenvalue weighted by Gasteiger charge is -2.12. The molecule has 1 rings (SSSR count). The van der Waals surface area contributed by atoms with E-state index in [0.29, 0.717) is 5.69 Å². The van der Waals surface area contributed by atoms with Crippen LogP contribution in [0, 0.1) is 5.82 Å². The van der Waals surface area contributed by atoms with Crippen molar-refractivity contribution in [3.63, 3.8) is 0 Å². The molecule has 0 amide bonds. The van der Waals surface area contributed by atoms with Gasteiger partial charge in [-0.2, -0.15) is 0 Å². The van der Waals surface area contributed by atoms with Gasteiger partial charge in [0.2, 0.25) is 0 Å². The first-order valence-corrected chi connectivity index (χ1v) is 3.72. The van der Waals surface area contributed by atoms with Crippen LogP contribution < -0.4 is 4.90 Å². The van der Waals surface area contributed by atoms with E-state index in [0.717, 1.165) is 6.07 Å². The standard InChI is InChI=1S/C9H10FNO2/c1-11(2)6-3-4-8(10)7(5-6)9(12)13/h3-5H,1-2H3,(H,12,13). The second kappa shape index (κ2) is 3.43. The number of rotatable bonds is 2. The lowest BCUT2D eigenvalue weighted by molar-refractivity contribution is 0.0692. The molecule has 0 atom stereocenters. The maximum Gasteiger partial charge on any atom is 0.338 e. The maximum absolute atomic E-state index is 12.9. The number of halogens is 1. The molecule has 3 nitrogen and oxygen atoms in total. The minimum absolute atomic E-state index is 0.300. The number of nitrogens with zero attached hydrogens (tertiary/aromatic N) is 1. The van der Waals surface area contributed by atoms with E-state index >= 15 is 0 Å². The van der Waals surface area contributed by atoms with Crippen molar-refractivity contribution in [2.45, 2.75) is 0 Å². The van der Waals surface area contributed by atoms with E-state index in [1.807, 2.05) is 0 Å². The predicted molar refractivity (Wildman–Crippen MR) is 47.7 cm³/mol. The van der Waals surface area contributed by atoms with Crippen LogP contribution >= 0.6 is 0 Å². The number of hydrogen-bond donors (Lipinski definition) is 1. The number of carboxylic acids is 1. The van der Waals surface area contributed by atoms with Crippen LogP contribution in [0.3, 0.4) is 0 Å². The molecule has 1 aromatic carbocycles. The number of anilines is 1. The van der Waals surface area contributed by atoms with Crippen molar-refractivity contribution in [3.05, 3.63) is 29.6 Å². The smallest absolute Gasteiger partial charge is 0.338 e. The van der Waals surface area contributed by atoms with Gasteiger partial charge in [0.1, 0.15) is 5.82 Å². The molecule has 0 saturated heterocycles. The largest absolute Gasteiger partial charge is 0.478 e. The van der Waals surface area contributed by atoms with Gasteiger partial charge in [-0.1, -0.05) is 0 Å². The molecule has 1 N–H and O–H groups in total. The lowest BCUT2D eigenvalue weighted by Crippen LogP contribution is -2.10. The SMILES string of the molecule is CN(C)c1ccc(F)c(C(=O)O)c1. The minimum Gasteiger partial charge on any atom is -0.478 e. The topological polar surface area (TPSA) is 40.5 Å². The van der Waals surface area contributed by atoms with Gasteiger partial charge in [0, 0.05) is 19.8 Å². The van der Waals surface area contributed by atoms with Gasteiger partial charge in [-0.15, -0.1) is 0 Å². The van der Waals surface area contributed by atoms with E-state index in [1.165, 1.54) is 12.1 Å². The van der Waals surface area contributed by atoms with Crippen LogP contribution in [0.15, 0.2) is 18.2 Å². The Morgan fingerprint density at radius 3 is 2.54 bits per heavy atom.